The van der Waals surface area contributed by atoms with Gasteiger partial charge in [-0.25, -0.2) is 0 Å². The minimum atomic E-state index is -0.108. The van der Waals surface area contributed by atoms with Crippen LogP contribution in [0.3, 0.4) is 0 Å². The van der Waals surface area contributed by atoms with Crippen molar-refractivity contribution in [3.8, 4) is 0 Å². The number of Topliss-reactive ketones (excluding diaryl/α,β-unsaturated/α-hetero) is 1. The van der Waals surface area contributed by atoms with E-state index in [1.165, 1.54) is 6.21 Å². The summed E-state index contributed by atoms with van der Waals surface area (Å²) in [4.78, 5) is 16.7. The van der Waals surface area contributed by atoms with Crippen molar-refractivity contribution in [2.45, 2.75) is 32.6 Å². The predicted octanol–water partition coefficient (Wildman–Crippen LogP) is 4.56. The lowest BCUT2D eigenvalue weighted by molar-refractivity contribution is -0.116. The normalized spacial score (nSPS) is 18.9. The first-order chi connectivity index (χ1) is 11.0. The molecule has 1 unspecified atom stereocenters. The summed E-state index contributed by atoms with van der Waals surface area (Å²) < 4.78 is 5.34. The number of rotatable bonds is 3. The molecule has 4 nitrogen and oxygen atoms in total. The number of nitrogens with zero attached hydrogens (tertiary/aromatic N) is 1. The molecule has 0 radical (unpaired) electrons. The molecule has 1 heterocycles. The summed E-state index contributed by atoms with van der Waals surface area (Å²) in [7, 11) is 0. The first kappa shape index (κ1) is 15.3. The van der Waals surface area contributed by atoms with Crippen molar-refractivity contribution in [3.63, 3.8) is 0 Å². The Balaban J connectivity index is 1.83. The third kappa shape index (κ3) is 3.42. The molecular weight excluding hydrogens is 290 g/mol. The lowest BCUT2D eigenvalue weighted by Gasteiger charge is -2.20. The van der Waals surface area contributed by atoms with Crippen LogP contribution in [0, 0.1) is 13.8 Å². The van der Waals surface area contributed by atoms with Crippen LogP contribution in [-0.4, -0.2) is 17.1 Å². The van der Waals surface area contributed by atoms with E-state index in [-0.39, 0.29) is 17.5 Å². The Morgan fingerprint density at radius 2 is 1.96 bits per heavy atom. The number of allylic oxidation sites excluding steroid dienone is 2. The molecule has 0 saturated carbocycles. The fourth-order valence-corrected chi connectivity index (χ4v) is 2.95. The molecule has 2 aromatic rings. The summed E-state index contributed by atoms with van der Waals surface area (Å²) >= 11 is 0. The Hall–Kier alpha value is -2.62. The van der Waals surface area contributed by atoms with Crippen LogP contribution < -0.4 is 0 Å². The number of benzene rings is 1. The molecule has 23 heavy (non-hydrogen) atoms. The monoisotopic (exact) mass is 309 g/mol. The van der Waals surface area contributed by atoms with Gasteiger partial charge in [-0.3, -0.25) is 9.79 Å². The van der Waals surface area contributed by atoms with Crippen molar-refractivity contribution in [2.24, 2.45) is 4.99 Å². The molecule has 0 bridgehead atoms. The van der Waals surface area contributed by atoms with Crippen LogP contribution in [-0.2, 0) is 4.79 Å². The minimum Gasteiger partial charge on any atom is -0.511 e. The van der Waals surface area contributed by atoms with E-state index in [2.05, 4.69) is 11.1 Å². The largest absolute Gasteiger partial charge is 0.511 e. The number of carbonyl (C=O) groups excluding carboxylic acids is 1. The predicted molar refractivity (Wildman–Crippen MR) is 89.4 cm³/mol. The van der Waals surface area contributed by atoms with Crippen LogP contribution in [0.2, 0.25) is 0 Å². The van der Waals surface area contributed by atoms with E-state index in [1.54, 1.807) is 12.3 Å². The third-order valence-electron chi connectivity index (χ3n) is 3.98. The molecule has 0 fully saturated rings. The number of aliphatic imine (C=N–C) groups is 1. The summed E-state index contributed by atoms with van der Waals surface area (Å²) in [6, 6.07) is 9.58. The first-order valence-electron chi connectivity index (χ1n) is 7.64. The zero-order valence-electron chi connectivity index (χ0n) is 13.2. The molecule has 1 aliphatic carbocycles. The van der Waals surface area contributed by atoms with Gasteiger partial charge in [0.15, 0.2) is 5.78 Å². The highest BCUT2D eigenvalue weighted by atomic mass is 16.3. The van der Waals surface area contributed by atoms with Crippen molar-refractivity contribution in [3.05, 3.63) is 64.8 Å². The smallest absolute Gasteiger partial charge is 0.168 e. The van der Waals surface area contributed by atoms with Gasteiger partial charge in [-0.05, 0) is 49.2 Å². The molecule has 0 spiro atoms. The summed E-state index contributed by atoms with van der Waals surface area (Å²) in [5, 5.41) is 10.2. The highest BCUT2D eigenvalue weighted by Crippen LogP contribution is 2.33. The standard InChI is InChI=1S/C19H19NO3/c1-12-6-13(2)8-15(7-12)20-11-16-17(21)9-14(10-18(16)22)19-4-3-5-23-19/h3-8,11,14,21H,9-10H2,1-2H3. The third-order valence-corrected chi connectivity index (χ3v) is 3.98. The molecule has 1 N–H and O–H groups in total. The fraction of sp³-hybridized carbons (Fsp3) is 0.263. The van der Waals surface area contributed by atoms with E-state index in [9.17, 15) is 9.90 Å². The number of aliphatic hydroxyl groups excluding tert-OH is 1. The molecule has 118 valence electrons. The van der Waals surface area contributed by atoms with Gasteiger partial charge in [0.2, 0.25) is 0 Å². The van der Waals surface area contributed by atoms with Crippen molar-refractivity contribution < 1.29 is 14.3 Å². The molecule has 1 aromatic heterocycles. The first-order valence-corrected chi connectivity index (χ1v) is 7.64. The summed E-state index contributed by atoms with van der Waals surface area (Å²) in [6.07, 6.45) is 3.78. The van der Waals surface area contributed by atoms with Crippen LogP contribution in [0.25, 0.3) is 0 Å². The number of hydrogen-bond donors (Lipinski definition) is 1. The van der Waals surface area contributed by atoms with E-state index >= 15 is 0 Å². The Kier molecular flexibility index (Phi) is 4.15. The van der Waals surface area contributed by atoms with Crippen molar-refractivity contribution in [2.75, 3.05) is 0 Å². The SMILES string of the molecule is Cc1cc(C)cc(N=CC2=C(O)CC(c3ccco3)CC2=O)c1. The number of ketones is 1. The zero-order chi connectivity index (χ0) is 16.4. The van der Waals surface area contributed by atoms with Crippen LogP contribution >= 0.6 is 0 Å². The maximum Gasteiger partial charge on any atom is 0.168 e. The number of hydrogen-bond acceptors (Lipinski definition) is 4. The van der Waals surface area contributed by atoms with Gasteiger partial charge in [0.25, 0.3) is 0 Å². The van der Waals surface area contributed by atoms with E-state index in [0.717, 1.165) is 22.6 Å². The number of aryl methyl sites for hydroxylation is 2. The second kappa shape index (κ2) is 6.24. The second-order valence-electron chi connectivity index (χ2n) is 6.01. The van der Waals surface area contributed by atoms with Gasteiger partial charge in [0.05, 0.1) is 17.5 Å². The molecule has 0 aliphatic heterocycles. The van der Waals surface area contributed by atoms with E-state index in [0.29, 0.717) is 18.4 Å². The molecule has 3 rings (SSSR count). The molecule has 1 aliphatic rings. The maximum atomic E-state index is 12.3. The highest BCUT2D eigenvalue weighted by Gasteiger charge is 2.29. The quantitative estimate of drug-likeness (QED) is 0.845. The van der Waals surface area contributed by atoms with E-state index in [1.807, 2.05) is 32.0 Å². The van der Waals surface area contributed by atoms with Gasteiger partial charge >= 0.3 is 0 Å². The Morgan fingerprint density at radius 1 is 1.22 bits per heavy atom. The molecular formula is C19H19NO3. The zero-order valence-corrected chi connectivity index (χ0v) is 13.2. The average molecular weight is 309 g/mol. The minimum absolute atomic E-state index is 0.0794. The van der Waals surface area contributed by atoms with E-state index in [4.69, 9.17) is 4.42 Å². The summed E-state index contributed by atoms with van der Waals surface area (Å²) in [6.45, 7) is 4.00. The topological polar surface area (TPSA) is 62.8 Å². The molecule has 0 saturated heterocycles. The van der Waals surface area contributed by atoms with E-state index < -0.39 is 0 Å². The number of carbonyl (C=O) groups is 1. The maximum absolute atomic E-state index is 12.3. The number of aliphatic hydroxyl groups is 1. The summed E-state index contributed by atoms with van der Waals surface area (Å²) in [5.74, 6) is 0.602. The Morgan fingerprint density at radius 3 is 2.57 bits per heavy atom. The van der Waals surface area contributed by atoms with Crippen LogP contribution in [0.1, 0.15) is 35.6 Å². The van der Waals surface area contributed by atoms with Crippen LogP contribution in [0.5, 0.6) is 0 Å². The average Bonchev–Trinajstić information content (AvgIpc) is 2.99. The lowest BCUT2D eigenvalue weighted by Crippen LogP contribution is -2.18. The Labute approximate surface area is 135 Å². The molecule has 0 amide bonds. The number of furan rings is 1. The second-order valence-corrected chi connectivity index (χ2v) is 6.01. The fourth-order valence-electron chi connectivity index (χ4n) is 2.95. The molecule has 1 aromatic carbocycles. The molecule has 1 atom stereocenters. The van der Waals surface area contributed by atoms with Gasteiger partial charge in [-0.15, -0.1) is 0 Å². The summed E-state index contributed by atoms with van der Waals surface area (Å²) in [5.41, 5.74) is 3.31. The van der Waals surface area contributed by atoms with Gasteiger partial charge in [0.1, 0.15) is 11.5 Å². The lowest BCUT2D eigenvalue weighted by atomic mass is 9.86. The van der Waals surface area contributed by atoms with Gasteiger partial charge in [0, 0.05) is 25.0 Å². The van der Waals surface area contributed by atoms with Crippen molar-refractivity contribution in [1.29, 1.82) is 0 Å². The van der Waals surface area contributed by atoms with Crippen molar-refractivity contribution in [1.82, 2.24) is 0 Å². The van der Waals surface area contributed by atoms with Gasteiger partial charge < -0.3 is 9.52 Å². The van der Waals surface area contributed by atoms with Crippen LogP contribution in [0.4, 0.5) is 5.69 Å². The highest BCUT2D eigenvalue weighted by molar-refractivity contribution is 6.14. The Bertz CT molecular complexity index is 765. The van der Waals surface area contributed by atoms with Gasteiger partial charge in [-0.1, -0.05) is 6.07 Å². The van der Waals surface area contributed by atoms with Crippen molar-refractivity contribution >= 4 is 17.7 Å². The van der Waals surface area contributed by atoms with Crippen LogP contribution in [0.15, 0.2) is 57.3 Å². The van der Waals surface area contributed by atoms with Gasteiger partial charge in [-0.2, -0.15) is 0 Å². The molecule has 4 heteroatoms.